The third-order valence-electron chi connectivity index (χ3n) is 3.35. The number of nitrogens with one attached hydrogen (secondary N) is 1. The zero-order chi connectivity index (χ0) is 16.8. The molecule has 7 heteroatoms. The molecule has 1 aromatic carbocycles. The minimum atomic E-state index is -0.326. The van der Waals surface area contributed by atoms with E-state index >= 15 is 0 Å². The Balaban J connectivity index is 1.50. The number of carbonyl (C=O) groups is 1. The van der Waals surface area contributed by atoms with Crippen LogP contribution in [-0.2, 0) is 17.8 Å². The SMILES string of the molecule is O=C(CCc1nc(-c2ccc(F)cc2)no1)NCc1cccnc1. The largest absolute Gasteiger partial charge is 0.352 e. The highest BCUT2D eigenvalue weighted by atomic mass is 19.1. The van der Waals surface area contributed by atoms with E-state index in [-0.39, 0.29) is 18.1 Å². The molecule has 0 aliphatic heterocycles. The van der Waals surface area contributed by atoms with Crippen LogP contribution >= 0.6 is 0 Å². The van der Waals surface area contributed by atoms with E-state index in [1.165, 1.54) is 12.1 Å². The van der Waals surface area contributed by atoms with Crippen molar-refractivity contribution in [2.45, 2.75) is 19.4 Å². The van der Waals surface area contributed by atoms with Gasteiger partial charge in [0, 0.05) is 37.3 Å². The number of hydrogen-bond acceptors (Lipinski definition) is 5. The molecule has 3 aromatic rings. The molecule has 1 N–H and O–H groups in total. The van der Waals surface area contributed by atoms with E-state index in [0.717, 1.165) is 5.56 Å². The first-order chi connectivity index (χ1) is 11.7. The second kappa shape index (κ2) is 7.45. The second-order valence-corrected chi connectivity index (χ2v) is 5.16. The fourth-order valence-corrected chi connectivity index (χ4v) is 2.08. The normalized spacial score (nSPS) is 10.5. The Labute approximate surface area is 137 Å². The minimum absolute atomic E-state index is 0.111. The van der Waals surface area contributed by atoms with Crippen molar-refractivity contribution < 1.29 is 13.7 Å². The topological polar surface area (TPSA) is 80.9 Å². The summed E-state index contributed by atoms with van der Waals surface area (Å²) in [4.78, 5) is 20.0. The van der Waals surface area contributed by atoms with E-state index in [1.54, 1.807) is 24.5 Å². The number of nitrogens with zero attached hydrogens (tertiary/aromatic N) is 3. The summed E-state index contributed by atoms with van der Waals surface area (Å²) in [5.74, 6) is 0.305. The van der Waals surface area contributed by atoms with Crippen molar-refractivity contribution in [3.05, 3.63) is 66.1 Å². The Morgan fingerprint density at radius 1 is 1.21 bits per heavy atom. The third kappa shape index (κ3) is 4.22. The fraction of sp³-hybridized carbons (Fsp3) is 0.176. The van der Waals surface area contributed by atoms with Crippen LogP contribution in [0, 0.1) is 5.82 Å². The molecular formula is C17H15FN4O2. The summed E-state index contributed by atoms with van der Waals surface area (Å²) < 4.78 is 18.0. The van der Waals surface area contributed by atoms with Gasteiger partial charge in [-0.3, -0.25) is 9.78 Å². The van der Waals surface area contributed by atoms with Gasteiger partial charge in [-0.05, 0) is 35.9 Å². The molecule has 2 heterocycles. The Bertz CT molecular complexity index is 803. The lowest BCUT2D eigenvalue weighted by molar-refractivity contribution is -0.121. The van der Waals surface area contributed by atoms with Gasteiger partial charge < -0.3 is 9.84 Å². The van der Waals surface area contributed by atoms with Crippen LogP contribution in [0.15, 0.2) is 53.3 Å². The molecule has 0 fully saturated rings. The molecule has 122 valence electrons. The number of rotatable bonds is 6. The van der Waals surface area contributed by atoms with Crippen LogP contribution in [0.3, 0.4) is 0 Å². The maximum Gasteiger partial charge on any atom is 0.227 e. The highest BCUT2D eigenvalue weighted by Gasteiger charge is 2.10. The highest BCUT2D eigenvalue weighted by molar-refractivity contribution is 5.76. The van der Waals surface area contributed by atoms with Gasteiger partial charge in [-0.25, -0.2) is 4.39 Å². The molecule has 0 radical (unpaired) electrons. The molecule has 0 atom stereocenters. The summed E-state index contributed by atoms with van der Waals surface area (Å²) in [5.41, 5.74) is 1.59. The fourth-order valence-electron chi connectivity index (χ4n) is 2.08. The van der Waals surface area contributed by atoms with Crippen LogP contribution in [0.25, 0.3) is 11.4 Å². The number of aromatic nitrogens is 3. The standard InChI is InChI=1S/C17H15FN4O2/c18-14-5-3-13(4-6-14)17-21-16(24-22-17)8-7-15(23)20-11-12-2-1-9-19-10-12/h1-6,9-10H,7-8,11H2,(H,20,23). The maximum absolute atomic E-state index is 12.9. The predicted octanol–water partition coefficient (Wildman–Crippen LogP) is 2.52. The van der Waals surface area contributed by atoms with Gasteiger partial charge >= 0.3 is 0 Å². The van der Waals surface area contributed by atoms with Crippen molar-refractivity contribution in [3.8, 4) is 11.4 Å². The first-order valence-electron chi connectivity index (χ1n) is 7.45. The minimum Gasteiger partial charge on any atom is -0.352 e. The summed E-state index contributed by atoms with van der Waals surface area (Å²) in [5, 5.41) is 6.64. The van der Waals surface area contributed by atoms with Crippen LogP contribution in [0.5, 0.6) is 0 Å². The summed E-state index contributed by atoms with van der Waals surface area (Å²) in [6, 6.07) is 9.51. The smallest absolute Gasteiger partial charge is 0.227 e. The van der Waals surface area contributed by atoms with E-state index in [4.69, 9.17) is 4.52 Å². The lowest BCUT2D eigenvalue weighted by atomic mass is 10.2. The van der Waals surface area contributed by atoms with Crippen LogP contribution in [0.2, 0.25) is 0 Å². The van der Waals surface area contributed by atoms with Gasteiger partial charge in [0.1, 0.15) is 5.82 Å². The second-order valence-electron chi connectivity index (χ2n) is 5.16. The van der Waals surface area contributed by atoms with Gasteiger partial charge in [0.25, 0.3) is 0 Å². The van der Waals surface area contributed by atoms with Gasteiger partial charge in [-0.2, -0.15) is 4.98 Å². The Kier molecular flexibility index (Phi) is 4.90. The molecule has 24 heavy (non-hydrogen) atoms. The quantitative estimate of drug-likeness (QED) is 0.753. The third-order valence-corrected chi connectivity index (χ3v) is 3.35. The van der Waals surface area contributed by atoms with Gasteiger partial charge in [0.2, 0.25) is 17.6 Å². The number of hydrogen-bond donors (Lipinski definition) is 1. The zero-order valence-electron chi connectivity index (χ0n) is 12.8. The monoisotopic (exact) mass is 326 g/mol. The Morgan fingerprint density at radius 3 is 2.79 bits per heavy atom. The van der Waals surface area contributed by atoms with Gasteiger partial charge in [-0.15, -0.1) is 0 Å². The van der Waals surface area contributed by atoms with Crippen molar-refractivity contribution >= 4 is 5.91 Å². The van der Waals surface area contributed by atoms with E-state index in [0.29, 0.717) is 30.2 Å². The van der Waals surface area contributed by atoms with Crippen molar-refractivity contribution in [2.75, 3.05) is 0 Å². The van der Waals surface area contributed by atoms with Gasteiger partial charge in [-0.1, -0.05) is 11.2 Å². The molecule has 3 rings (SSSR count). The maximum atomic E-state index is 12.9. The lowest BCUT2D eigenvalue weighted by Gasteiger charge is -2.03. The Morgan fingerprint density at radius 2 is 2.04 bits per heavy atom. The zero-order valence-corrected chi connectivity index (χ0v) is 12.8. The molecule has 2 aromatic heterocycles. The van der Waals surface area contributed by atoms with E-state index in [9.17, 15) is 9.18 Å². The van der Waals surface area contributed by atoms with Crippen molar-refractivity contribution in [1.82, 2.24) is 20.4 Å². The molecule has 0 bridgehead atoms. The number of halogens is 1. The van der Waals surface area contributed by atoms with Gasteiger partial charge in [0.05, 0.1) is 0 Å². The van der Waals surface area contributed by atoms with E-state index in [1.807, 2.05) is 12.1 Å². The Hall–Kier alpha value is -3.09. The first kappa shape index (κ1) is 15.8. The summed E-state index contributed by atoms with van der Waals surface area (Å²) in [7, 11) is 0. The molecule has 1 amide bonds. The number of aryl methyl sites for hydroxylation is 1. The van der Waals surface area contributed by atoms with Crippen molar-refractivity contribution in [2.24, 2.45) is 0 Å². The molecule has 0 saturated carbocycles. The summed E-state index contributed by atoms with van der Waals surface area (Å²) in [6.07, 6.45) is 3.96. The van der Waals surface area contributed by atoms with Crippen molar-refractivity contribution in [1.29, 1.82) is 0 Å². The van der Waals surface area contributed by atoms with Crippen LogP contribution < -0.4 is 5.32 Å². The molecule has 0 spiro atoms. The molecule has 0 aliphatic carbocycles. The van der Waals surface area contributed by atoms with Gasteiger partial charge in [0.15, 0.2) is 0 Å². The number of benzene rings is 1. The van der Waals surface area contributed by atoms with E-state index in [2.05, 4.69) is 20.4 Å². The molecule has 0 saturated heterocycles. The highest BCUT2D eigenvalue weighted by Crippen LogP contribution is 2.16. The summed E-state index contributed by atoms with van der Waals surface area (Å²) in [6.45, 7) is 0.428. The number of pyridine rings is 1. The van der Waals surface area contributed by atoms with Crippen LogP contribution in [0.1, 0.15) is 17.9 Å². The first-order valence-corrected chi connectivity index (χ1v) is 7.45. The molecule has 0 aliphatic rings. The van der Waals surface area contributed by atoms with Crippen molar-refractivity contribution in [3.63, 3.8) is 0 Å². The number of carbonyl (C=O) groups excluding carboxylic acids is 1. The molecule has 0 unspecified atom stereocenters. The number of amides is 1. The van der Waals surface area contributed by atoms with E-state index < -0.39 is 0 Å². The lowest BCUT2D eigenvalue weighted by Crippen LogP contribution is -2.23. The molecular weight excluding hydrogens is 311 g/mol. The van der Waals surface area contributed by atoms with Crippen LogP contribution in [-0.4, -0.2) is 21.0 Å². The average molecular weight is 326 g/mol. The molecule has 6 nitrogen and oxygen atoms in total. The average Bonchev–Trinajstić information content (AvgIpc) is 3.09. The summed E-state index contributed by atoms with van der Waals surface area (Å²) >= 11 is 0. The van der Waals surface area contributed by atoms with Crippen LogP contribution in [0.4, 0.5) is 4.39 Å². The predicted molar refractivity (Wildman–Crippen MR) is 84.1 cm³/mol.